The number of benzene rings is 1. The zero-order valence-corrected chi connectivity index (χ0v) is 19.2. The van der Waals surface area contributed by atoms with Crippen LogP contribution in [-0.4, -0.2) is 58.5 Å². The van der Waals surface area contributed by atoms with Crippen molar-refractivity contribution in [1.29, 1.82) is 0 Å². The Hall–Kier alpha value is -3.46. The van der Waals surface area contributed by atoms with Crippen LogP contribution < -0.4 is 10.6 Å². The molecule has 2 aromatic rings. The van der Waals surface area contributed by atoms with Gasteiger partial charge >= 0.3 is 0 Å². The third-order valence-electron chi connectivity index (χ3n) is 5.82. The van der Waals surface area contributed by atoms with E-state index in [1.54, 1.807) is 19.9 Å². The lowest BCUT2D eigenvalue weighted by Gasteiger charge is -2.22. The van der Waals surface area contributed by atoms with Gasteiger partial charge in [0.25, 0.3) is 17.7 Å². The number of nitrogens with zero attached hydrogens (tertiary/aromatic N) is 1. The van der Waals surface area contributed by atoms with E-state index in [0.717, 1.165) is 0 Å². The molecule has 3 amide bonds. The smallest absolute Gasteiger partial charge is 0.256 e. The highest BCUT2D eigenvalue weighted by molar-refractivity contribution is 6.34. The second kappa shape index (κ2) is 9.99. The average molecular weight is 457 g/mol. The van der Waals surface area contributed by atoms with Crippen LogP contribution in [0.15, 0.2) is 18.2 Å². The number of anilines is 1. The van der Waals surface area contributed by atoms with Gasteiger partial charge in [0, 0.05) is 42.3 Å². The van der Waals surface area contributed by atoms with Crippen molar-refractivity contribution in [2.24, 2.45) is 0 Å². The summed E-state index contributed by atoms with van der Waals surface area (Å²) in [5, 5.41) is 15.6. The number of halogens is 1. The summed E-state index contributed by atoms with van der Waals surface area (Å²) in [5.41, 5.74) is 3.53. The standard InChI is InChI=1S/C24H29FN4O4/c1-5-29(6-2)24(33)20(30)9-10-26-23(32)21-13(3)19(27-14(21)4)12-17-16-11-15(25)7-8-18(16)28-22(17)31/h7-8,11-12,20,27,30H,5-6,9-10H2,1-4H3,(H,26,32)(H,28,31)/b17-12-/t20-/m0/s1. The number of H-pyrrole nitrogens is 1. The minimum absolute atomic E-state index is 0.100. The predicted molar refractivity (Wildman–Crippen MR) is 124 cm³/mol. The lowest BCUT2D eigenvalue weighted by Crippen LogP contribution is -2.40. The normalized spacial score (nSPS) is 14.7. The van der Waals surface area contributed by atoms with E-state index in [9.17, 15) is 23.9 Å². The van der Waals surface area contributed by atoms with Crippen molar-refractivity contribution in [3.8, 4) is 0 Å². The van der Waals surface area contributed by atoms with Gasteiger partial charge in [-0.25, -0.2) is 4.39 Å². The van der Waals surface area contributed by atoms with E-state index in [1.165, 1.54) is 23.1 Å². The predicted octanol–water partition coefficient (Wildman–Crippen LogP) is 2.61. The van der Waals surface area contributed by atoms with E-state index in [4.69, 9.17) is 0 Å². The molecular formula is C24H29FN4O4. The summed E-state index contributed by atoms with van der Waals surface area (Å²) in [6.07, 6.45) is 0.523. The first kappa shape index (κ1) is 24.2. The van der Waals surface area contributed by atoms with Gasteiger partial charge in [-0.05, 0) is 64.0 Å². The number of likely N-dealkylation sites (N-methyl/N-ethyl adjacent to an activating group) is 1. The number of nitrogens with one attached hydrogen (secondary N) is 3. The van der Waals surface area contributed by atoms with Crippen molar-refractivity contribution in [2.75, 3.05) is 25.0 Å². The molecule has 33 heavy (non-hydrogen) atoms. The highest BCUT2D eigenvalue weighted by Crippen LogP contribution is 2.34. The van der Waals surface area contributed by atoms with Gasteiger partial charge in [-0.1, -0.05) is 0 Å². The van der Waals surface area contributed by atoms with Gasteiger partial charge in [0.15, 0.2) is 0 Å². The fourth-order valence-electron chi connectivity index (χ4n) is 3.99. The van der Waals surface area contributed by atoms with Gasteiger partial charge in [-0.2, -0.15) is 0 Å². The van der Waals surface area contributed by atoms with Crippen LogP contribution >= 0.6 is 0 Å². The summed E-state index contributed by atoms with van der Waals surface area (Å²) in [6.45, 7) is 8.31. The van der Waals surface area contributed by atoms with Gasteiger partial charge in [0.05, 0.1) is 11.1 Å². The summed E-state index contributed by atoms with van der Waals surface area (Å²) in [7, 11) is 0. The Morgan fingerprint density at radius 1 is 1.24 bits per heavy atom. The monoisotopic (exact) mass is 456 g/mol. The molecule has 1 aromatic carbocycles. The maximum Gasteiger partial charge on any atom is 0.256 e. The van der Waals surface area contributed by atoms with Gasteiger partial charge in [0.2, 0.25) is 0 Å². The molecule has 8 nitrogen and oxygen atoms in total. The topological polar surface area (TPSA) is 115 Å². The van der Waals surface area contributed by atoms with Crippen LogP contribution in [0.1, 0.15) is 53.1 Å². The molecule has 1 aliphatic rings. The minimum atomic E-state index is -1.18. The molecule has 1 atom stereocenters. The SMILES string of the molecule is CCN(CC)C(=O)[C@@H](O)CCNC(=O)c1c(C)[nH]c(/C=C2\C(=O)Nc3ccc(F)cc32)c1C. The average Bonchev–Trinajstić information content (AvgIpc) is 3.23. The maximum absolute atomic E-state index is 13.7. The van der Waals surface area contributed by atoms with Crippen LogP contribution in [0.5, 0.6) is 0 Å². The molecule has 3 rings (SSSR count). The molecule has 0 fully saturated rings. The Balaban J connectivity index is 1.73. The zero-order chi connectivity index (χ0) is 24.3. The van der Waals surface area contributed by atoms with Crippen LogP contribution in [0, 0.1) is 19.7 Å². The van der Waals surface area contributed by atoms with E-state index in [1.807, 2.05) is 13.8 Å². The second-order valence-corrected chi connectivity index (χ2v) is 7.94. The number of aliphatic hydroxyl groups excluding tert-OH is 1. The van der Waals surface area contributed by atoms with Crippen molar-refractivity contribution in [1.82, 2.24) is 15.2 Å². The summed E-state index contributed by atoms with van der Waals surface area (Å²) in [5.74, 6) is -1.50. The molecule has 1 aliphatic heterocycles. The van der Waals surface area contributed by atoms with Crippen molar-refractivity contribution >= 4 is 35.1 Å². The molecule has 0 saturated heterocycles. The molecular weight excluding hydrogens is 427 g/mol. The lowest BCUT2D eigenvalue weighted by atomic mass is 10.0. The van der Waals surface area contributed by atoms with Crippen LogP contribution in [0.25, 0.3) is 11.6 Å². The number of carbonyl (C=O) groups excluding carboxylic acids is 3. The van der Waals surface area contributed by atoms with E-state index >= 15 is 0 Å². The molecule has 4 N–H and O–H groups in total. The van der Waals surface area contributed by atoms with Crippen LogP contribution in [0.2, 0.25) is 0 Å². The molecule has 1 aromatic heterocycles. The van der Waals surface area contributed by atoms with Crippen LogP contribution in [-0.2, 0) is 9.59 Å². The molecule has 0 bridgehead atoms. The highest BCUT2D eigenvalue weighted by atomic mass is 19.1. The summed E-state index contributed by atoms with van der Waals surface area (Å²) in [4.78, 5) is 42.0. The van der Waals surface area contributed by atoms with E-state index in [2.05, 4.69) is 15.6 Å². The Kier molecular flexibility index (Phi) is 7.33. The van der Waals surface area contributed by atoms with Crippen LogP contribution in [0.4, 0.5) is 10.1 Å². The number of amides is 3. The third kappa shape index (κ3) is 4.98. The summed E-state index contributed by atoms with van der Waals surface area (Å²) >= 11 is 0. The number of carbonyl (C=O) groups is 3. The lowest BCUT2D eigenvalue weighted by molar-refractivity contribution is -0.140. The zero-order valence-electron chi connectivity index (χ0n) is 19.2. The summed E-state index contributed by atoms with van der Waals surface area (Å²) < 4.78 is 13.7. The van der Waals surface area contributed by atoms with Crippen LogP contribution in [0.3, 0.4) is 0 Å². The Morgan fingerprint density at radius 3 is 2.61 bits per heavy atom. The molecule has 0 spiro atoms. The summed E-state index contributed by atoms with van der Waals surface area (Å²) in [6, 6.07) is 4.08. The third-order valence-corrected chi connectivity index (χ3v) is 5.82. The van der Waals surface area contributed by atoms with Gasteiger partial charge in [-0.15, -0.1) is 0 Å². The minimum Gasteiger partial charge on any atom is -0.383 e. The van der Waals surface area contributed by atoms with E-state index in [0.29, 0.717) is 52.4 Å². The number of aliphatic hydroxyl groups is 1. The molecule has 0 unspecified atom stereocenters. The van der Waals surface area contributed by atoms with Crippen molar-refractivity contribution in [3.05, 3.63) is 52.1 Å². The fraction of sp³-hybridized carbons (Fsp3) is 0.375. The van der Waals surface area contributed by atoms with Crippen molar-refractivity contribution < 1.29 is 23.9 Å². The highest BCUT2D eigenvalue weighted by Gasteiger charge is 2.26. The number of rotatable bonds is 8. The van der Waals surface area contributed by atoms with Gasteiger partial charge < -0.3 is 25.6 Å². The molecule has 0 radical (unpaired) electrons. The number of fused-ring (bicyclic) bond motifs is 1. The largest absolute Gasteiger partial charge is 0.383 e. The molecule has 9 heteroatoms. The maximum atomic E-state index is 13.7. The first-order valence-electron chi connectivity index (χ1n) is 10.9. The van der Waals surface area contributed by atoms with Gasteiger partial charge in [0.1, 0.15) is 11.9 Å². The Morgan fingerprint density at radius 2 is 1.94 bits per heavy atom. The first-order valence-corrected chi connectivity index (χ1v) is 10.9. The van der Waals surface area contributed by atoms with Crippen molar-refractivity contribution in [2.45, 2.75) is 40.2 Å². The molecule has 0 aliphatic carbocycles. The molecule has 176 valence electrons. The van der Waals surface area contributed by atoms with E-state index < -0.39 is 11.9 Å². The number of aromatic nitrogens is 1. The number of hydrogen-bond acceptors (Lipinski definition) is 4. The quantitative estimate of drug-likeness (QED) is 0.457. The first-order chi connectivity index (χ1) is 15.7. The fourth-order valence-corrected chi connectivity index (χ4v) is 3.99. The van der Waals surface area contributed by atoms with E-state index in [-0.39, 0.29) is 30.7 Å². The Bertz CT molecular complexity index is 1120. The Labute approximate surface area is 191 Å². The number of hydrogen-bond donors (Lipinski definition) is 4. The molecule has 0 saturated carbocycles. The second-order valence-electron chi connectivity index (χ2n) is 7.94. The van der Waals surface area contributed by atoms with Crippen molar-refractivity contribution in [3.63, 3.8) is 0 Å². The molecule has 2 heterocycles. The number of aromatic amines is 1. The van der Waals surface area contributed by atoms with Gasteiger partial charge in [-0.3, -0.25) is 14.4 Å². The number of aryl methyl sites for hydroxylation is 1.